The largest absolute Gasteiger partial charge is 0.487 e. The van der Waals surface area contributed by atoms with Crippen molar-refractivity contribution in [2.75, 3.05) is 24.5 Å². The summed E-state index contributed by atoms with van der Waals surface area (Å²) in [7, 11) is 0. The van der Waals surface area contributed by atoms with Gasteiger partial charge in [-0.2, -0.15) is 0 Å². The molecule has 1 heterocycles. The van der Waals surface area contributed by atoms with Crippen LogP contribution in [-0.2, 0) is 0 Å². The maximum atomic E-state index is 5.89. The van der Waals surface area contributed by atoms with E-state index in [0.29, 0.717) is 6.54 Å². The van der Waals surface area contributed by atoms with Crippen LogP contribution in [0.5, 0.6) is 5.75 Å². The molecule has 0 aliphatic carbocycles. The molecule has 4 heteroatoms. The number of aromatic nitrogens is 1. The molecule has 0 saturated carbocycles. The van der Waals surface area contributed by atoms with Gasteiger partial charge in [0.15, 0.2) is 11.6 Å². The molecule has 114 valence electrons. The first-order valence-corrected chi connectivity index (χ1v) is 7.46. The Balaban J connectivity index is 3.02. The first-order chi connectivity index (χ1) is 9.39. The van der Waals surface area contributed by atoms with Crippen LogP contribution in [0.25, 0.3) is 0 Å². The second-order valence-electron chi connectivity index (χ2n) is 6.28. The second kappa shape index (κ2) is 7.48. The van der Waals surface area contributed by atoms with E-state index in [-0.39, 0.29) is 11.5 Å². The molecule has 0 aromatic carbocycles. The Hall–Kier alpha value is -1.29. The molecule has 1 rings (SSSR count). The van der Waals surface area contributed by atoms with Crippen LogP contribution in [0, 0.1) is 5.41 Å². The summed E-state index contributed by atoms with van der Waals surface area (Å²) in [5, 5.41) is 0. The van der Waals surface area contributed by atoms with Gasteiger partial charge in [0.25, 0.3) is 0 Å². The van der Waals surface area contributed by atoms with E-state index >= 15 is 0 Å². The van der Waals surface area contributed by atoms with Crippen molar-refractivity contribution in [3.05, 3.63) is 18.3 Å². The lowest BCUT2D eigenvalue weighted by Gasteiger charge is -2.33. The molecule has 0 unspecified atom stereocenters. The van der Waals surface area contributed by atoms with E-state index in [0.717, 1.165) is 31.1 Å². The molecule has 20 heavy (non-hydrogen) atoms. The van der Waals surface area contributed by atoms with E-state index in [9.17, 15) is 0 Å². The summed E-state index contributed by atoms with van der Waals surface area (Å²) in [5.41, 5.74) is 5.93. The van der Waals surface area contributed by atoms with Crippen molar-refractivity contribution in [1.29, 1.82) is 0 Å². The van der Waals surface area contributed by atoms with Crippen molar-refractivity contribution in [2.45, 2.75) is 47.1 Å². The van der Waals surface area contributed by atoms with Gasteiger partial charge in [0, 0.05) is 19.3 Å². The summed E-state index contributed by atoms with van der Waals surface area (Å²) in [4.78, 5) is 6.81. The summed E-state index contributed by atoms with van der Waals surface area (Å²) >= 11 is 0. The van der Waals surface area contributed by atoms with E-state index in [1.165, 1.54) is 0 Å². The Kier molecular flexibility index (Phi) is 6.27. The zero-order valence-corrected chi connectivity index (χ0v) is 13.5. The van der Waals surface area contributed by atoms with Crippen LogP contribution >= 0.6 is 0 Å². The van der Waals surface area contributed by atoms with Gasteiger partial charge in [0.1, 0.15) is 0 Å². The summed E-state index contributed by atoms with van der Waals surface area (Å²) in [5.74, 6) is 1.77. The topological polar surface area (TPSA) is 51.4 Å². The lowest BCUT2D eigenvalue weighted by Crippen LogP contribution is -2.39. The third-order valence-corrected chi connectivity index (χ3v) is 3.08. The molecule has 0 bridgehead atoms. The first-order valence-electron chi connectivity index (χ1n) is 7.46. The second-order valence-corrected chi connectivity index (χ2v) is 6.28. The van der Waals surface area contributed by atoms with Gasteiger partial charge in [0.05, 0.1) is 6.10 Å². The predicted octanol–water partition coefficient (Wildman–Crippen LogP) is 3.07. The molecule has 0 aliphatic rings. The number of hydrogen-bond acceptors (Lipinski definition) is 4. The van der Waals surface area contributed by atoms with Crippen molar-refractivity contribution in [1.82, 2.24) is 4.98 Å². The third kappa shape index (κ3) is 5.00. The van der Waals surface area contributed by atoms with Gasteiger partial charge in [-0.05, 0) is 44.4 Å². The summed E-state index contributed by atoms with van der Waals surface area (Å²) in [6, 6.07) is 3.90. The molecule has 1 aromatic rings. The maximum Gasteiger partial charge on any atom is 0.171 e. The minimum atomic E-state index is 0.0573. The fraction of sp³-hybridized carbons (Fsp3) is 0.688. The van der Waals surface area contributed by atoms with Gasteiger partial charge in [0.2, 0.25) is 0 Å². The van der Waals surface area contributed by atoms with Gasteiger partial charge >= 0.3 is 0 Å². The number of nitrogens with zero attached hydrogens (tertiary/aromatic N) is 2. The van der Waals surface area contributed by atoms with Crippen LogP contribution in [0.4, 0.5) is 5.82 Å². The van der Waals surface area contributed by atoms with Gasteiger partial charge in [-0.1, -0.05) is 20.8 Å². The average molecular weight is 279 g/mol. The van der Waals surface area contributed by atoms with Crippen molar-refractivity contribution in [3.8, 4) is 5.75 Å². The lowest BCUT2D eigenvalue weighted by atomic mass is 9.93. The van der Waals surface area contributed by atoms with Gasteiger partial charge < -0.3 is 15.4 Å². The SMILES string of the molecule is CCCN(CC(C)(C)CN)c1ncccc1OC(C)C. The van der Waals surface area contributed by atoms with Crippen molar-refractivity contribution < 1.29 is 4.74 Å². The quantitative estimate of drug-likeness (QED) is 0.794. The normalized spacial score (nSPS) is 11.8. The lowest BCUT2D eigenvalue weighted by molar-refractivity contribution is 0.241. The minimum absolute atomic E-state index is 0.0573. The van der Waals surface area contributed by atoms with Gasteiger partial charge in [-0.25, -0.2) is 4.98 Å². The molecule has 0 saturated heterocycles. The van der Waals surface area contributed by atoms with Crippen LogP contribution in [0.15, 0.2) is 18.3 Å². The Bertz CT molecular complexity index is 404. The van der Waals surface area contributed by atoms with Crippen LogP contribution in [0.1, 0.15) is 41.0 Å². The molecule has 0 aliphatic heterocycles. The summed E-state index contributed by atoms with van der Waals surface area (Å²) in [6.07, 6.45) is 3.03. The predicted molar refractivity (Wildman–Crippen MR) is 85.3 cm³/mol. The van der Waals surface area contributed by atoms with E-state index in [1.54, 1.807) is 0 Å². The van der Waals surface area contributed by atoms with Crippen LogP contribution in [-0.4, -0.2) is 30.7 Å². The molecule has 0 spiro atoms. The Morgan fingerprint density at radius 3 is 2.65 bits per heavy atom. The van der Waals surface area contributed by atoms with Crippen molar-refractivity contribution in [3.63, 3.8) is 0 Å². The number of nitrogens with two attached hydrogens (primary N) is 1. The number of rotatable bonds is 8. The van der Waals surface area contributed by atoms with Crippen LogP contribution in [0.3, 0.4) is 0 Å². The van der Waals surface area contributed by atoms with E-state index < -0.39 is 0 Å². The first kappa shape index (κ1) is 16.8. The fourth-order valence-electron chi connectivity index (χ4n) is 2.08. The Morgan fingerprint density at radius 2 is 2.10 bits per heavy atom. The average Bonchev–Trinajstić information content (AvgIpc) is 2.38. The number of ether oxygens (including phenoxy) is 1. The van der Waals surface area contributed by atoms with E-state index in [4.69, 9.17) is 10.5 Å². The molecule has 0 radical (unpaired) electrons. The fourth-order valence-corrected chi connectivity index (χ4v) is 2.08. The molecule has 0 amide bonds. The maximum absolute atomic E-state index is 5.89. The number of pyridine rings is 1. The standard InChI is InChI=1S/C16H29N3O/c1-6-10-19(12-16(4,5)11-17)15-14(20-13(2)3)8-7-9-18-15/h7-9,13H,6,10-12,17H2,1-5H3. The Morgan fingerprint density at radius 1 is 1.40 bits per heavy atom. The number of hydrogen-bond donors (Lipinski definition) is 1. The molecule has 0 fully saturated rings. The summed E-state index contributed by atoms with van der Waals surface area (Å²) < 4.78 is 5.89. The molecule has 2 N–H and O–H groups in total. The van der Waals surface area contributed by atoms with Crippen molar-refractivity contribution in [2.24, 2.45) is 11.1 Å². The zero-order chi connectivity index (χ0) is 15.2. The molecular weight excluding hydrogens is 250 g/mol. The number of anilines is 1. The van der Waals surface area contributed by atoms with Crippen molar-refractivity contribution >= 4 is 5.82 Å². The molecular formula is C16H29N3O. The molecule has 0 atom stereocenters. The highest BCUT2D eigenvalue weighted by molar-refractivity contribution is 5.52. The smallest absolute Gasteiger partial charge is 0.171 e. The highest BCUT2D eigenvalue weighted by Gasteiger charge is 2.23. The minimum Gasteiger partial charge on any atom is -0.487 e. The van der Waals surface area contributed by atoms with Crippen LogP contribution in [0.2, 0.25) is 0 Å². The van der Waals surface area contributed by atoms with Gasteiger partial charge in [-0.3, -0.25) is 0 Å². The van der Waals surface area contributed by atoms with E-state index in [1.807, 2.05) is 32.2 Å². The molecule has 4 nitrogen and oxygen atoms in total. The molecule has 1 aromatic heterocycles. The summed E-state index contributed by atoms with van der Waals surface area (Å²) in [6.45, 7) is 13.1. The highest BCUT2D eigenvalue weighted by atomic mass is 16.5. The van der Waals surface area contributed by atoms with Crippen LogP contribution < -0.4 is 15.4 Å². The monoisotopic (exact) mass is 279 g/mol. The zero-order valence-electron chi connectivity index (χ0n) is 13.5. The highest BCUT2D eigenvalue weighted by Crippen LogP contribution is 2.29. The Labute approximate surface area is 123 Å². The van der Waals surface area contributed by atoms with E-state index in [2.05, 4.69) is 30.7 Å². The third-order valence-electron chi connectivity index (χ3n) is 3.08. The van der Waals surface area contributed by atoms with Gasteiger partial charge in [-0.15, -0.1) is 0 Å².